The van der Waals surface area contributed by atoms with Crippen LogP contribution in [0.1, 0.15) is 10.6 Å². The number of aryl methyl sites for hydroxylation is 1. The molecule has 1 atom stereocenters. The Morgan fingerprint density at radius 1 is 1.46 bits per heavy atom. The number of Topliss-reactive ketones (excluding diaryl/α,β-unsaturated/α-hetero) is 1. The lowest BCUT2D eigenvalue weighted by atomic mass is 10.1. The fraction of sp³-hybridized carbons (Fsp3) is 0.294. The van der Waals surface area contributed by atoms with Crippen LogP contribution in [0.4, 0.5) is 0 Å². The molecule has 3 rings (SSSR count). The van der Waals surface area contributed by atoms with Crippen LogP contribution in [0.5, 0.6) is 0 Å². The number of aromatic nitrogens is 1. The Labute approximate surface area is 142 Å². The van der Waals surface area contributed by atoms with E-state index in [9.17, 15) is 14.4 Å². The largest absolute Gasteiger partial charge is 0.344 e. The van der Waals surface area contributed by atoms with E-state index in [1.807, 2.05) is 25.1 Å². The second kappa shape index (κ2) is 6.42. The minimum atomic E-state index is -0.932. The van der Waals surface area contributed by atoms with Crippen LogP contribution in [-0.4, -0.2) is 47.6 Å². The van der Waals surface area contributed by atoms with Crippen LogP contribution < -0.4 is 5.32 Å². The Kier molecular flexibility index (Phi) is 4.32. The number of likely N-dealkylation sites (tertiary alicyclic amines) is 1. The monoisotopic (exact) mass is 341 g/mol. The van der Waals surface area contributed by atoms with Gasteiger partial charge in [-0.15, -0.1) is 11.3 Å². The van der Waals surface area contributed by atoms with Gasteiger partial charge in [-0.2, -0.15) is 0 Å². The minimum Gasteiger partial charge on any atom is -0.344 e. The molecule has 1 unspecified atom stereocenters. The molecular formula is C17H15N3O3S. The summed E-state index contributed by atoms with van der Waals surface area (Å²) in [6.45, 7) is 2.20. The van der Waals surface area contributed by atoms with Crippen LogP contribution in [-0.2, 0) is 14.4 Å². The first-order valence-corrected chi connectivity index (χ1v) is 8.20. The van der Waals surface area contributed by atoms with Crippen molar-refractivity contribution < 1.29 is 14.4 Å². The van der Waals surface area contributed by atoms with Crippen molar-refractivity contribution in [2.24, 2.45) is 5.92 Å². The molecule has 0 radical (unpaired) electrons. The number of fused-ring (bicyclic) bond motifs is 1. The number of likely N-dealkylation sites (N-methyl/N-ethyl adjacent to an activating group) is 1. The van der Waals surface area contributed by atoms with Crippen molar-refractivity contribution in [3.8, 4) is 11.8 Å². The van der Waals surface area contributed by atoms with Crippen molar-refractivity contribution >= 4 is 39.2 Å². The number of carbonyl (C=O) groups is 3. The van der Waals surface area contributed by atoms with Crippen molar-refractivity contribution in [2.75, 3.05) is 20.1 Å². The lowest BCUT2D eigenvalue weighted by Gasteiger charge is -2.07. The summed E-state index contributed by atoms with van der Waals surface area (Å²) in [5.41, 5.74) is 1.72. The van der Waals surface area contributed by atoms with Gasteiger partial charge >= 0.3 is 0 Å². The maximum Gasteiger partial charge on any atom is 0.290 e. The van der Waals surface area contributed by atoms with Gasteiger partial charge < -0.3 is 10.2 Å². The number of rotatable bonds is 2. The van der Waals surface area contributed by atoms with Crippen LogP contribution in [0.15, 0.2) is 18.2 Å². The third-order valence-electron chi connectivity index (χ3n) is 3.73. The number of ketones is 1. The zero-order valence-corrected chi connectivity index (χ0v) is 14.1. The summed E-state index contributed by atoms with van der Waals surface area (Å²) in [6.07, 6.45) is 0. The van der Waals surface area contributed by atoms with Gasteiger partial charge in [-0.05, 0) is 25.1 Å². The van der Waals surface area contributed by atoms with E-state index in [0.29, 0.717) is 0 Å². The van der Waals surface area contributed by atoms with Crippen LogP contribution in [0.2, 0.25) is 0 Å². The molecule has 0 aliphatic carbocycles. The highest BCUT2D eigenvalue weighted by Crippen LogP contribution is 2.22. The highest BCUT2D eigenvalue weighted by Gasteiger charge is 2.41. The van der Waals surface area contributed by atoms with Crippen LogP contribution in [0.3, 0.4) is 0 Å². The van der Waals surface area contributed by atoms with E-state index in [4.69, 9.17) is 0 Å². The molecule has 1 aliphatic heterocycles. The van der Waals surface area contributed by atoms with Gasteiger partial charge in [0.2, 0.25) is 11.7 Å². The topological polar surface area (TPSA) is 79.4 Å². The standard InChI is InChI=1S/C17H15N3O3S/c1-10-19-13-8-11(5-6-14(13)24-10)4-3-7-18-16(22)12-9-20(2)17(23)15(12)21/h5-6,8,12H,7,9H2,1-2H3,(H,18,22). The lowest BCUT2D eigenvalue weighted by Crippen LogP contribution is -2.35. The molecule has 0 bridgehead atoms. The molecule has 1 N–H and O–H groups in total. The minimum absolute atomic E-state index is 0.120. The molecule has 2 heterocycles. The molecule has 1 aromatic carbocycles. The number of benzene rings is 1. The summed E-state index contributed by atoms with van der Waals surface area (Å²) in [6, 6.07) is 5.78. The zero-order chi connectivity index (χ0) is 17.3. The van der Waals surface area contributed by atoms with Crippen LogP contribution >= 0.6 is 11.3 Å². The Balaban J connectivity index is 1.60. The first kappa shape index (κ1) is 16.1. The van der Waals surface area contributed by atoms with Gasteiger partial charge in [0.25, 0.3) is 5.91 Å². The average Bonchev–Trinajstić information content (AvgIpc) is 3.04. The third-order valence-corrected chi connectivity index (χ3v) is 4.68. The van der Waals surface area contributed by atoms with E-state index in [1.54, 1.807) is 11.3 Å². The molecule has 2 aromatic rings. The number of thiazole rings is 1. The van der Waals surface area contributed by atoms with Gasteiger partial charge in [0.1, 0.15) is 5.92 Å². The van der Waals surface area contributed by atoms with Crippen molar-refractivity contribution in [3.05, 3.63) is 28.8 Å². The van der Waals surface area contributed by atoms with E-state index in [2.05, 4.69) is 22.1 Å². The van der Waals surface area contributed by atoms with Gasteiger partial charge in [-0.1, -0.05) is 11.8 Å². The predicted molar refractivity (Wildman–Crippen MR) is 90.4 cm³/mol. The molecule has 122 valence electrons. The molecular weight excluding hydrogens is 326 g/mol. The SMILES string of the molecule is Cc1nc2cc(C#CCNC(=O)C3CN(C)C(=O)C3=O)ccc2s1. The number of amides is 2. The Morgan fingerprint density at radius 2 is 2.25 bits per heavy atom. The average molecular weight is 341 g/mol. The summed E-state index contributed by atoms with van der Waals surface area (Å²) in [4.78, 5) is 40.7. The number of hydrogen-bond donors (Lipinski definition) is 1. The van der Waals surface area contributed by atoms with E-state index in [0.717, 1.165) is 20.8 Å². The molecule has 1 aromatic heterocycles. The maximum absolute atomic E-state index is 11.9. The zero-order valence-electron chi connectivity index (χ0n) is 13.3. The molecule has 6 nitrogen and oxygen atoms in total. The maximum atomic E-state index is 11.9. The second-order valence-electron chi connectivity index (χ2n) is 5.54. The van der Waals surface area contributed by atoms with E-state index < -0.39 is 23.5 Å². The predicted octanol–water partition coefficient (Wildman–Crippen LogP) is 0.730. The first-order valence-electron chi connectivity index (χ1n) is 7.39. The summed E-state index contributed by atoms with van der Waals surface area (Å²) in [5.74, 6) is 3.14. The van der Waals surface area contributed by atoms with Gasteiger partial charge in [-0.3, -0.25) is 14.4 Å². The summed E-state index contributed by atoms with van der Waals surface area (Å²) >= 11 is 1.63. The van der Waals surface area contributed by atoms with Crippen molar-refractivity contribution in [1.82, 2.24) is 15.2 Å². The van der Waals surface area contributed by atoms with E-state index in [1.165, 1.54) is 11.9 Å². The number of nitrogens with one attached hydrogen (secondary N) is 1. The Hall–Kier alpha value is -2.72. The van der Waals surface area contributed by atoms with Gasteiger partial charge in [0.05, 0.1) is 21.8 Å². The molecule has 1 aliphatic rings. The highest BCUT2D eigenvalue weighted by atomic mass is 32.1. The quantitative estimate of drug-likeness (QED) is 0.496. The highest BCUT2D eigenvalue weighted by molar-refractivity contribution is 7.18. The Bertz CT molecular complexity index is 907. The van der Waals surface area contributed by atoms with E-state index in [-0.39, 0.29) is 13.1 Å². The van der Waals surface area contributed by atoms with Crippen molar-refractivity contribution in [3.63, 3.8) is 0 Å². The molecule has 1 saturated heterocycles. The smallest absolute Gasteiger partial charge is 0.290 e. The first-order chi connectivity index (χ1) is 11.5. The summed E-state index contributed by atoms with van der Waals surface area (Å²) < 4.78 is 1.11. The fourth-order valence-electron chi connectivity index (χ4n) is 2.50. The van der Waals surface area contributed by atoms with Gasteiger partial charge in [0.15, 0.2) is 0 Å². The number of hydrogen-bond acceptors (Lipinski definition) is 5. The summed E-state index contributed by atoms with van der Waals surface area (Å²) in [7, 11) is 1.50. The molecule has 24 heavy (non-hydrogen) atoms. The molecule has 2 amide bonds. The molecule has 7 heteroatoms. The molecule has 0 spiro atoms. The normalized spacial score (nSPS) is 17.1. The third kappa shape index (κ3) is 3.14. The van der Waals surface area contributed by atoms with E-state index >= 15 is 0 Å². The lowest BCUT2D eigenvalue weighted by molar-refractivity contribution is -0.142. The van der Waals surface area contributed by atoms with Gasteiger partial charge in [-0.25, -0.2) is 4.98 Å². The van der Waals surface area contributed by atoms with Crippen molar-refractivity contribution in [2.45, 2.75) is 6.92 Å². The molecule has 0 saturated carbocycles. The fourth-order valence-corrected chi connectivity index (χ4v) is 3.31. The van der Waals surface area contributed by atoms with Gasteiger partial charge in [0, 0.05) is 19.2 Å². The molecule has 1 fully saturated rings. The van der Waals surface area contributed by atoms with Crippen LogP contribution in [0.25, 0.3) is 10.2 Å². The summed E-state index contributed by atoms with van der Waals surface area (Å²) in [5, 5.41) is 3.58. The Morgan fingerprint density at radius 3 is 2.96 bits per heavy atom. The van der Waals surface area contributed by atoms with Crippen LogP contribution in [0, 0.1) is 24.7 Å². The van der Waals surface area contributed by atoms with Crippen molar-refractivity contribution in [1.29, 1.82) is 0 Å². The second-order valence-corrected chi connectivity index (χ2v) is 6.77. The number of carbonyl (C=O) groups excluding carboxylic acids is 3. The number of nitrogens with zero attached hydrogens (tertiary/aromatic N) is 2.